The van der Waals surface area contributed by atoms with E-state index < -0.39 is 23.5 Å². The van der Waals surface area contributed by atoms with Crippen LogP contribution in [-0.4, -0.2) is 17.9 Å². The van der Waals surface area contributed by atoms with Gasteiger partial charge in [0.2, 0.25) is 5.78 Å². The van der Waals surface area contributed by atoms with Crippen molar-refractivity contribution in [3.05, 3.63) is 12.2 Å². The number of ketones is 1. The van der Waals surface area contributed by atoms with Crippen molar-refractivity contribution in [2.24, 2.45) is 0 Å². The highest BCUT2D eigenvalue weighted by Crippen LogP contribution is 2.37. The number of hydrogen-bond donors (Lipinski definition) is 0. The highest BCUT2D eigenvalue weighted by molar-refractivity contribution is 6.00. The average Bonchev–Trinajstić information content (AvgIpc) is 1.83. The topological polar surface area (TPSA) is 17.1 Å². The zero-order chi connectivity index (χ0) is 10.2. The van der Waals surface area contributed by atoms with Gasteiger partial charge >= 0.3 is 12.1 Å². The second-order valence-corrected chi connectivity index (χ2v) is 2.18. The zero-order valence-corrected chi connectivity index (χ0v) is 6.01. The van der Waals surface area contributed by atoms with Crippen LogP contribution in [0.25, 0.3) is 0 Å². The van der Waals surface area contributed by atoms with Crippen molar-refractivity contribution in [1.82, 2.24) is 0 Å². The highest BCUT2D eigenvalue weighted by Gasteiger charge is 2.62. The SMILES string of the molecule is C=C(C)C(=O)C(F)(F)C(F)(F)F. The van der Waals surface area contributed by atoms with Gasteiger partial charge in [0.1, 0.15) is 0 Å². The molecule has 0 aliphatic rings. The molecule has 0 N–H and O–H groups in total. The third-order valence-corrected chi connectivity index (χ3v) is 1.03. The van der Waals surface area contributed by atoms with Gasteiger partial charge in [0.15, 0.2) is 0 Å². The summed E-state index contributed by atoms with van der Waals surface area (Å²) in [5.74, 6) is -7.62. The van der Waals surface area contributed by atoms with Gasteiger partial charge in [-0.15, -0.1) is 0 Å². The van der Waals surface area contributed by atoms with E-state index in [2.05, 4.69) is 6.58 Å². The van der Waals surface area contributed by atoms with Crippen LogP contribution in [0.4, 0.5) is 22.0 Å². The smallest absolute Gasteiger partial charge is 0.287 e. The van der Waals surface area contributed by atoms with Crippen molar-refractivity contribution in [2.75, 3.05) is 0 Å². The molecule has 6 heteroatoms. The summed E-state index contributed by atoms with van der Waals surface area (Å²) in [6.07, 6.45) is -5.84. The second kappa shape index (κ2) is 2.84. The molecule has 1 nitrogen and oxygen atoms in total. The molecule has 0 aromatic carbocycles. The van der Waals surface area contributed by atoms with Crippen molar-refractivity contribution in [3.8, 4) is 0 Å². The van der Waals surface area contributed by atoms with Crippen molar-refractivity contribution < 1.29 is 26.7 Å². The Morgan fingerprint density at radius 3 is 1.58 bits per heavy atom. The predicted molar refractivity (Wildman–Crippen MR) is 30.8 cm³/mol. The van der Waals surface area contributed by atoms with Crippen molar-refractivity contribution in [1.29, 1.82) is 0 Å². The van der Waals surface area contributed by atoms with Gasteiger partial charge in [0.05, 0.1) is 0 Å². The van der Waals surface area contributed by atoms with Crippen molar-refractivity contribution in [2.45, 2.75) is 19.0 Å². The molecule has 0 saturated heterocycles. The van der Waals surface area contributed by atoms with Crippen LogP contribution >= 0.6 is 0 Å². The van der Waals surface area contributed by atoms with E-state index >= 15 is 0 Å². The van der Waals surface area contributed by atoms with Gasteiger partial charge in [-0.05, 0) is 12.5 Å². The summed E-state index contributed by atoms with van der Waals surface area (Å²) in [7, 11) is 0. The van der Waals surface area contributed by atoms with Crippen LogP contribution in [0.1, 0.15) is 6.92 Å². The van der Waals surface area contributed by atoms with Gasteiger partial charge in [-0.3, -0.25) is 4.79 Å². The van der Waals surface area contributed by atoms with E-state index in [1.807, 2.05) is 0 Å². The van der Waals surface area contributed by atoms with E-state index in [4.69, 9.17) is 0 Å². The lowest BCUT2D eigenvalue weighted by Gasteiger charge is -2.17. The number of rotatable bonds is 2. The molecule has 0 fully saturated rings. The molecular formula is C6H5F5O. The maximum absolute atomic E-state index is 12.0. The van der Waals surface area contributed by atoms with Crippen molar-refractivity contribution >= 4 is 5.78 Å². The number of carbonyl (C=O) groups excluding carboxylic acids is 1. The van der Waals surface area contributed by atoms with Gasteiger partial charge in [-0.25, -0.2) is 0 Å². The van der Waals surface area contributed by atoms with Gasteiger partial charge in [-0.1, -0.05) is 6.58 Å². The molecule has 0 bridgehead atoms. The Bertz CT molecular complexity index is 214. The molecule has 0 heterocycles. The summed E-state index contributed by atoms with van der Waals surface area (Å²) in [5.41, 5.74) is -0.822. The number of carbonyl (C=O) groups is 1. The Labute approximate surface area is 64.9 Å². The van der Waals surface area contributed by atoms with Crippen LogP contribution in [0.5, 0.6) is 0 Å². The fourth-order valence-electron chi connectivity index (χ4n) is 0.397. The lowest BCUT2D eigenvalue weighted by atomic mass is 10.1. The molecule has 0 amide bonds. The number of hydrogen-bond acceptors (Lipinski definition) is 1. The molecule has 0 aromatic heterocycles. The lowest BCUT2D eigenvalue weighted by Crippen LogP contribution is -2.44. The molecule has 0 aliphatic carbocycles. The first-order valence-electron chi connectivity index (χ1n) is 2.75. The van der Waals surface area contributed by atoms with Crippen LogP contribution in [0.3, 0.4) is 0 Å². The van der Waals surface area contributed by atoms with E-state index in [9.17, 15) is 26.7 Å². The molecule has 0 saturated carbocycles. The maximum atomic E-state index is 12.0. The largest absolute Gasteiger partial charge is 0.461 e. The van der Waals surface area contributed by atoms with Crippen LogP contribution < -0.4 is 0 Å². The van der Waals surface area contributed by atoms with E-state index in [-0.39, 0.29) is 0 Å². The molecule has 0 aromatic rings. The summed E-state index contributed by atoms with van der Waals surface area (Å²) >= 11 is 0. The van der Waals surface area contributed by atoms with E-state index in [1.165, 1.54) is 0 Å². The van der Waals surface area contributed by atoms with E-state index in [0.29, 0.717) is 0 Å². The quantitative estimate of drug-likeness (QED) is 0.480. The molecule has 0 unspecified atom stereocenters. The first kappa shape index (κ1) is 11.1. The van der Waals surface area contributed by atoms with Gasteiger partial charge in [-0.2, -0.15) is 22.0 Å². The van der Waals surface area contributed by atoms with Crippen LogP contribution in [0.2, 0.25) is 0 Å². The standard InChI is InChI=1S/C6H5F5O/c1-3(2)4(12)5(7,8)6(9,10)11/h1H2,2H3. The van der Waals surface area contributed by atoms with Crippen LogP contribution in [0, 0.1) is 0 Å². The Morgan fingerprint density at radius 1 is 1.17 bits per heavy atom. The first-order valence-corrected chi connectivity index (χ1v) is 2.75. The third-order valence-electron chi connectivity index (χ3n) is 1.03. The Balaban J connectivity index is 4.87. The average molecular weight is 188 g/mol. The zero-order valence-electron chi connectivity index (χ0n) is 6.01. The minimum Gasteiger partial charge on any atom is -0.287 e. The molecule has 70 valence electrons. The summed E-state index contributed by atoms with van der Waals surface area (Å²) in [4.78, 5) is 10.2. The van der Waals surface area contributed by atoms with E-state index in [1.54, 1.807) is 0 Å². The molecule has 0 aliphatic heterocycles. The molecular weight excluding hydrogens is 183 g/mol. The Kier molecular flexibility index (Phi) is 2.61. The molecule has 0 radical (unpaired) electrons. The van der Waals surface area contributed by atoms with Crippen molar-refractivity contribution in [3.63, 3.8) is 0 Å². The summed E-state index contributed by atoms with van der Waals surface area (Å²) in [5, 5.41) is 0. The number of alkyl halides is 5. The van der Waals surface area contributed by atoms with E-state index in [0.717, 1.165) is 6.92 Å². The number of halogens is 5. The minimum atomic E-state index is -5.84. The second-order valence-electron chi connectivity index (χ2n) is 2.18. The fourth-order valence-corrected chi connectivity index (χ4v) is 0.397. The molecule has 12 heavy (non-hydrogen) atoms. The Morgan fingerprint density at radius 2 is 1.50 bits per heavy atom. The molecule has 0 rings (SSSR count). The summed E-state index contributed by atoms with van der Waals surface area (Å²) in [6, 6.07) is 0. The Hall–Kier alpha value is -0.940. The van der Waals surface area contributed by atoms with Crippen LogP contribution in [-0.2, 0) is 4.79 Å². The summed E-state index contributed by atoms with van der Waals surface area (Å²) < 4.78 is 58.4. The van der Waals surface area contributed by atoms with Gasteiger partial charge in [0.25, 0.3) is 0 Å². The molecule has 0 atom stereocenters. The van der Waals surface area contributed by atoms with Gasteiger partial charge in [0, 0.05) is 0 Å². The number of allylic oxidation sites excluding steroid dienone is 1. The minimum absolute atomic E-state index is 0.794. The normalized spacial score (nSPS) is 12.8. The monoisotopic (exact) mass is 188 g/mol. The summed E-state index contributed by atoms with van der Waals surface area (Å²) in [6.45, 7) is 3.50. The number of Topliss-reactive ketones (excluding diaryl/α,β-unsaturated/α-hetero) is 1. The third kappa shape index (κ3) is 1.80. The maximum Gasteiger partial charge on any atom is 0.461 e. The predicted octanol–water partition coefficient (Wildman–Crippen LogP) is 2.33. The lowest BCUT2D eigenvalue weighted by molar-refractivity contribution is -0.266. The molecule has 0 spiro atoms. The first-order chi connectivity index (χ1) is 5.10. The highest BCUT2D eigenvalue weighted by atomic mass is 19.4. The van der Waals surface area contributed by atoms with Crippen LogP contribution in [0.15, 0.2) is 12.2 Å². The fraction of sp³-hybridized carbons (Fsp3) is 0.500. The van der Waals surface area contributed by atoms with Gasteiger partial charge < -0.3 is 0 Å².